The summed E-state index contributed by atoms with van der Waals surface area (Å²) in [5.41, 5.74) is 4.65. The van der Waals surface area contributed by atoms with Crippen LogP contribution in [0.15, 0.2) is 72.8 Å². The fraction of sp³-hybridized carbons (Fsp3) is 0.412. The van der Waals surface area contributed by atoms with Gasteiger partial charge in [0.2, 0.25) is 0 Å². The van der Waals surface area contributed by atoms with E-state index in [0.717, 1.165) is 48.3 Å². The van der Waals surface area contributed by atoms with Gasteiger partial charge in [-0.25, -0.2) is 0 Å². The number of ether oxygens (including phenoxy) is 2. The number of aliphatic hydroxyl groups is 1. The summed E-state index contributed by atoms with van der Waals surface area (Å²) in [7, 11) is 0. The second-order valence-corrected chi connectivity index (χ2v) is 11.4. The summed E-state index contributed by atoms with van der Waals surface area (Å²) < 4.78 is 13.1. The molecule has 0 aliphatic carbocycles. The monoisotopic (exact) mass is 554 g/mol. The third-order valence-electron chi connectivity index (χ3n) is 8.50. The Morgan fingerprint density at radius 3 is 1.93 bits per heavy atom. The Labute approximate surface area is 241 Å². The van der Waals surface area contributed by atoms with Crippen LogP contribution in [0.2, 0.25) is 0 Å². The van der Waals surface area contributed by atoms with Gasteiger partial charge in [-0.1, -0.05) is 79.9 Å². The fourth-order valence-electron chi connectivity index (χ4n) is 6.16. The normalized spacial score (nSPS) is 23.7. The Bertz CT molecular complexity index is 1310. The predicted octanol–water partition coefficient (Wildman–Crippen LogP) is 5.79. The van der Waals surface area contributed by atoms with Gasteiger partial charge >= 0.3 is 0 Å². The van der Waals surface area contributed by atoms with Crippen LogP contribution in [0.25, 0.3) is 0 Å². The first-order chi connectivity index (χ1) is 20.1. The molecule has 0 bridgehead atoms. The molecule has 0 unspecified atom stereocenters. The van der Waals surface area contributed by atoms with Crippen molar-refractivity contribution in [3.05, 3.63) is 106 Å². The molecule has 2 amide bonds. The van der Waals surface area contributed by atoms with Gasteiger partial charge in [0, 0.05) is 18.5 Å². The predicted molar refractivity (Wildman–Crippen MR) is 155 cm³/mol. The van der Waals surface area contributed by atoms with E-state index >= 15 is 0 Å². The van der Waals surface area contributed by atoms with Gasteiger partial charge in [0.1, 0.15) is 0 Å². The van der Waals surface area contributed by atoms with E-state index in [2.05, 4.69) is 4.90 Å². The molecule has 0 radical (unpaired) electrons. The zero-order valence-corrected chi connectivity index (χ0v) is 23.4. The number of amides is 2. The maximum atomic E-state index is 12.8. The molecule has 0 spiro atoms. The van der Waals surface area contributed by atoms with Crippen molar-refractivity contribution in [3.63, 3.8) is 0 Å². The SMILES string of the molecule is O=C1c2ccccc2C(=O)N1Cc1ccc([C@@H]2O[C@H](CN3CCCCCCC3)C[C@H](c3ccc(CO)cc3)O2)cc1. The quantitative estimate of drug-likeness (QED) is 0.373. The Morgan fingerprint density at radius 2 is 1.29 bits per heavy atom. The Hall–Kier alpha value is -3.36. The molecule has 7 nitrogen and oxygen atoms in total. The number of carbonyl (C=O) groups excluding carboxylic acids is 2. The minimum Gasteiger partial charge on any atom is -0.392 e. The number of carbonyl (C=O) groups is 2. The molecule has 3 aromatic rings. The molecule has 1 N–H and O–H groups in total. The Morgan fingerprint density at radius 1 is 0.707 bits per heavy atom. The smallest absolute Gasteiger partial charge is 0.261 e. The van der Waals surface area contributed by atoms with Crippen LogP contribution < -0.4 is 0 Å². The number of rotatable bonds is 7. The number of hydrogen-bond acceptors (Lipinski definition) is 6. The maximum Gasteiger partial charge on any atom is 0.261 e. The third-order valence-corrected chi connectivity index (χ3v) is 8.50. The molecule has 41 heavy (non-hydrogen) atoms. The van der Waals surface area contributed by atoms with Crippen LogP contribution in [0, 0.1) is 0 Å². The number of hydrogen-bond donors (Lipinski definition) is 1. The van der Waals surface area contributed by atoms with Crippen molar-refractivity contribution in [2.75, 3.05) is 19.6 Å². The summed E-state index contributed by atoms with van der Waals surface area (Å²) >= 11 is 0. The van der Waals surface area contributed by atoms with Crippen molar-refractivity contribution in [2.45, 2.75) is 70.2 Å². The Balaban J connectivity index is 1.18. The van der Waals surface area contributed by atoms with Crippen LogP contribution in [0.4, 0.5) is 0 Å². The van der Waals surface area contributed by atoms with Gasteiger partial charge in [-0.15, -0.1) is 0 Å². The highest BCUT2D eigenvalue weighted by Crippen LogP contribution is 2.38. The zero-order valence-electron chi connectivity index (χ0n) is 23.4. The summed E-state index contributed by atoms with van der Waals surface area (Å²) in [6, 6.07) is 22.8. The summed E-state index contributed by atoms with van der Waals surface area (Å²) in [5, 5.41) is 9.49. The fourth-order valence-corrected chi connectivity index (χ4v) is 6.16. The van der Waals surface area contributed by atoms with Crippen LogP contribution in [0.5, 0.6) is 0 Å². The Kier molecular flexibility index (Phi) is 8.58. The highest BCUT2D eigenvalue weighted by Gasteiger charge is 2.36. The lowest BCUT2D eigenvalue weighted by molar-refractivity contribution is -0.253. The van der Waals surface area contributed by atoms with E-state index in [-0.39, 0.29) is 37.2 Å². The molecule has 2 fully saturated rings. The molecule has 3 aliphatic rings. The average molecular weight is 555 g/mol. The van der Waals surface area contributed by atoms with E-state index in [1.807, 2.05) is 48.5 Å². The molecule has 3 atom stereocenters. The lowest BCUT2D eigenvalue weighted by atomic mass is 9.99. The second kappa shape index (κ2) is 12.7. The highest BCUT2D eigenvalue weighted by atomic mass is 16.7. The first kappa shape index (κ1) is 27.8. The molecule has 0 aromatic heterocycles. The molecule has 214 valence electrons. The van der Waals surface area contributed by atoms with Gasteiger partial charge in [-0.05, 0) is 54.8 Å². The first-order valence-corrected chi connectivity index (χ1v) is 14.9. The van der Waals surface area contributed by atoms with Gasteiger partial charge in [0.05, 0.1) is 36.5 Å². The molecular weight excluding hydrogens is 516 g/mol. The number of likely N-dealkylation sites (tertiary alicyclic amines) is 1. The van der Waals surface area contributed by atoms with Gasteiger partial charge in [0.25, 0.3) is 11.8 Å². The van der Waals surface area contributed by atoms with Crippen molar-refractivity contribution in [2.24, 2.45) is 0 Å². The maximum absolute atomic E-state index is 12.8. The van der Waals surface area contributed by atoms with Gasteiger partial charge in [0.15, 0.2) is 6.29 Å². The number of imide groups is 1. The van der Waals surface area contributed by atoms with Crippen molar-refractivity contribution in [1.82, 2.24) is 9.80 Å². The van der Waals surface area contributed by atoms with Gasteiger partial charge in [-0.2, -0.15) is 0 Å². The largest absolute Gasteiger partial charge is 0.392 e. The molecule has 3 aliphatic heterocycles. The van der Waals surface area contributed by atoms with Gasteiger partial charge < -0.3 is 19.5 Å². The summed E-state index contributed by atoms with van der Waals surface area (Å²) in [6.07, 6.45) is 6.51. The minimum absolute atomic E-state index is 0.0161. The number of nitrogens with zero attached hydrogens (tertiary/aromatic N) is 2. The average Bonchev–Trinajstić information content (AvgIpc) is 3.23. The minimum atomic E-state index is -0.528. The van der Waals surface area contributed by atoms with Crippen LogP contribution in [0.1, 0.15) is 93.9 Å². The molecule has 3 heterocycles. The third kappa shape index (κ3) is 6.28. The summed E-state index contributed by atoms with van der Waals surface area (Å²) in [5.74, 6) is -0.508. The molecule has 2 saturated heterocycles. The van der Waals surface area contributed by atoms with Crippen molar-refractivity contribution in [3.8, 4) is 0 Å². The number of aliphatic hydroxyl groups excluding tert-OH is 1. The van der Waals surface area contributed by atoms with Crippen LogP contribution in [-0.4, -0.2) is 52.5 Å². The molecule has 0 saturated carbocycles. The van der Waals surface area contributed by atoms with Crippen LogP contribution in [-0.2, 0) is 22.6 Å². The van der Waals surface area contributed by atoms with E-state index in [4.69, 9.17) is 9.47 Å². The lowest BCUT2D eigenvalue weighted by Crippen LogP contribution is -2.40. The molecule has 3 aromatic carbocycles. The molecule has 6 rings (SSSR count). The second-order valence-electron chi connectivity index (χ2n) is 11.4. The summed E-state index contributed by atoms with van der Waals surface area (Å²) in [4.78, 5) is 29.5. The molecule has 7 heteroatoms. The first-order valence-electron chi connectivity index (χ1n) is 14.9. The summed E-state index contributed by atoms with van der Waals surface area (Å²) in [6.45, 7) is 3.32. The van der Waals surface area contributed by atoms with Crippen LogP contribution >= 0.6 is 0 Å². The van der Waals surface area contributed by atoms with E-state index in [9.17, 15) is 14.7 Å². The zero-order chi connectivity index (χ0) is 28.2. The van der Waals surface area contributed by atoms with E-state index < -0.39 is 6.29 Å². The van der Waals surface area contributed by atoms with Crippen molar-refractivity contribution < 1.29 is 24.2 Å². The van der Waals surface area contributed by atoms with Gasteiger partial charge in [-0.3, -0.25) is 14.5 Å². The van der Waals surface area contributed by atoms with E-state index in [1.165, 1.54) is 37.0 Å². The number of fused-ring (bicyclic) bond motifs is 1. The van der Waals surface area contributed by atoms with E-state index in [1.54, 1.807) is 24.3 Å². The van der Waals surface area contributed by atoms with Crippen molar-refractivity contribution >= 4 is 11.8 Å². The lowest BCUT2D eigenvalue weighted by Gasteiger charge is -2.39. The highest BCUT2D eigenvalue weighted by molar-refractivity contribution is 6.21. The molecular formula is C34H38N2O5. The van der Waals surface area contributed by atoms with E-state index in [0.29, 0.717) is 11.1 Å². The van der Waals surface area contributed by atoms with Crippen molar-refractivity contribution in [1.29, 1.82) is 0 Å². The number of benzene rings is 3. The topological polar surface area (TPSA) is 79.3 Å². The standard InChI is InChI=1S/C34H38N2O5/c37-23-25-12-14-26(15-13-25)31-20-28(22-35-18-6-2-1-3-7-19-35)40-34(41-31)27-16-10-24(11-17-27)21-36-32(38)29-8-4-5-9-30(29)33(36)39/h4-5,8-17,28,31,34,37H,1-3,6-7,18-23H2/t28-,31+,34+/m0/s1. The van der Waals surface area contributed by atoms with Crippen LogP contribution in [0.3, 0.4) is 0 Å².